The smallest absolute Gasteiger partial charge is 0.255 e. The summed E-state index contributed by atoms with van der Waals surface area (Å²) in [5, 5.41) is 0. The minimum atomic E-state index is 0.142. The lowest BCUT2D eigenvalue weighted by Crippen LogP contribution is -2.42. The summed E-state index contributed by atoms with van der Waals surface area (Å²) in [6.45, 7) is 1.69. The predicted molar refractivity (Wildman–Crippen MR) is 93.7 cm³/mol. The Morgan fingerprint density at radius 2 is 1.86 bits per heavy atom. The Balaban J connectivity index is 2.19. The zero-order valence-electron chi connectivity index (χ0n) is 12.6. The van der Waals surface area contributed by atoms with Gasteiger partial charge in [0.1, 0.15) is 0 Å². The van der Waals surface area contributed by atoms with Crippen molar-refractivity contribution in [3.8, 4) is 0 Å². The second-order valence-electron chi connectivity index (χ2n) is 5.86. The molecule has 0 heterocycles. The van der Waals surface area contributed by atoms with Gasteiger partial charge in [-0.25, -0.2) is 0 Å². The van der Waals surface area contributed by atoms with Crippen LogP contribution in [0.2, 0.25) is 0 Å². The first-order chi connectivity index (χ1) is 9.99. The van der Waals surface area contributed by atoms with Crippen molar-refractivity contribution >= 4 is 37.8 Å². The summed E-state index contributed by atoms with van der Waals surface area (Å²) in [7, 11) is 4.10. The van der Waals surface area contributed by atoms with Gasteiger partial charge in [0.25, 0.3) is 5.91 Å². The monoisotopic (exact) mass is 416 g/mol. The minimum Gasteiger partial charge on any atom is -0.334 e. The molecule has 1 aliphatic rings. The molecule has 2 rings (SSSR count). The number of rotatable bonds is 5. The average molecular weight is 418 g/mol. The third-order valence-corrected chi connectivity index (χ3v) is 5.13. The second kappa shape index (κ2) is 7.75. The van der Waals surface area contributed by atoms with Crippen LogP contribution in [-0.2, 0) is 0 Å². The highest BCUT2D eigenvalue weighted by molar-refractivity contribution is 9.11. The number of hydrogen-bond acceptors (Lipinski definition) is 2. The van der Waals surface area contributed by atoms with E-state index in [9.17, 15) is 4.79 Å². The summed E-state index contributed by atoms with van der Waals surface area (Å²) in [5.74, 6) is 0.142. The van der Waals surface area contributed by atoms with Gasteiger partial charge in [-0.2, -0.15) is 0 Å². The number of benzene rings is 1. The van der Waals surface area contributed by atoms with Crippen molar-refractivity contribution in [2.24, 2.45) is 0 Å². The van der Waals surface area contributed by atoms with E-state index in [2.05, 4.69) is 41.7 Å². The number of nitrogens with zero attached hydrogens (tertiary/aromatic N) is 2. The largest absolute Gasteiger partial charge is 0.334 e. The topological polar surface area (TPSA) is 23.6 Å². The number of halogens is 2. The highest BCUT2D eigenvalue weighted by Crippen LogP contribution is 2.28. The van der Waals surface area contributed by atoms with Gasteiger partial charge in [-0.15, -0.1) is 0 Å². The maximum Gasteiger partial charge on any atom is 0.255 e. The molecular formula is C16H22Br2N2O. The zero-order chi connectivity index (χ0) is 15.4. The van der Waals surface area contributed by atoms with E-state index >= 15 is 0 Å². The van der Waals surface area contributed by atoms with Crippen LogP contribution in [-0.4, -0.2) is 48.9 Å². The van der Waals surface area contributed by atoms with Crippen LogP contribution in [0.4, 0.5) is 0 Å². The van der Waals surface area contributed by atoms with E-state index in [0.717, 1.165) is 40.4 Å². The molecular weight excluding hydrogens is 396 g/mol. The normalized spacial score (nSPS) is 15.7. The molecule has 21 heavy (non-hydrogen) atoms. The highest BCUT2D eigenvalue weighted by atomic mass is 79.9. The summed E-state index contributed by atoms with van der Waals surface area (Å²) in [6.07, 6.45) is 4.73. The van der Waals surface area contributed by atoms with E-state index in [1.165, 1.54) is 12.8 Å². The molecule has 3 nitrogen and oxygen atoms in total. The highest BCUT2D eigenvalue weighted by Gasteiger charge is 2.28. The summed E-state index contributed by atoms with van der Waals surface area (Å²) >= 11 is 6.95. The third-order valence-electron chi connectivity index (χ3n) is 3.98. The molecule has 1 aromatic rings. The van der Waals surface area contributed by atoms with Gasteiger partial charge in [-0.3, -0.25) is 4.79 Å². The fourth-order valence-electron chi connectivity index (χ4n) is 2.79. The number of carbonyl (C=O) groups is 1. The molecule has 116 valence electrons. The molecule has 0 aromatic heterocycles. The summed E-state index contributed by atoms with van der Waals surface area (Å²) in [5.41, 5.74) is 0.754. The third kappa shape index (κ3) is 4.54. The van der Waals surface area contributed by atoms with Crippen molar-refractivity contribution in [1.82, 2.24) is 9.80 Å². The lowest BCUT2D eigenvalue weighted by atomic mass is 10.1. The van der Waals surface area contributed by atoms with Crippen molar-refractivity contribution in [1.29, 1.82) is 0 Å². The molecule has 1 fully saturated rings. The first kappa shape index (κ1) is 17.0. The standard InChI is InChI=1S/C16H22Br2N2O/c1-19(2)9-10-20(13-5-3-4-6-13)16(21)14-8-7-12(17)11-15(14)18/h7-8,11,13H,3-6,9-10H2,1-2H3. The van der Waals surface area contributed by atoms with E-state index in [0.29, 0.717) is 6.04 Å². The van der Waals surface area contributed by atoms with Gasteiger partial charge in [0.05, 0.1) is 5.56 Å². The molecule has 0 spiro atoms. The minimum absolute atomic E-state index is 0.142. The van der Waals surface area contributed by atoms with Gasteiger partial charge in [0.15, 0.2) is 0 Å². The average Bonchev–Trinajstić information content (AvgIpc) is 2.92. The van der Waals surface area contributed by atoms with Crippen LogP contribution >= 0.6 is 31.9 Å². The Morgan fingerprint density at radius 3 is 2.43 bits per heavy atom. The fourth-order valence-corrected chi connectivity index (χ4v) is 4.01. The van der Waals surface area contributed by atoms with Crippen LogP contribution in [0.5, 0.6) is 0 Å². The number of hydrogen-bond donors (Lipinski definition) is 0. The van der Waals surface area contributed by atoms with Crippen molar-refractivity contribution < 1.29 is 4.79 Å². The van der Waals surface area contributed by atoms with Crippen molar-refractivity contribution in [3.63, 3.8) is 0 Å². The molecule has 0 aliphatic heterocycles. The van der Waals surface area contributed by atoms with Gasteiger partial charge in [-0.05, 0) is 61.1 Å². The van der Waals surface area contributed by atoms with Gasteiger partial charge in [0.2, 0.25) is 0 Å². The number of likely N-dealkylation sites (N-methyl/N-ethyl adjacent to an activating group) is 1. The van der Waals surface area contributed by atoms with Crippen LogP contribution in [0.3, 0.4) is 0 Å². The van der Waals surface area contributed by atoms with Crippen molar-refractivity contribution in [2.45, 2.75) is 31.7 Å². The zero-order valence-corrected chi connectivity index (χ0v) is 15.8. The first-order valence-corrected chi connectivity index (χ1v) is 8.98. The quantitative estimate of drug-likeness (QED) is 0.718. The molecule has 1 saturated carbocycles. The van der Waals surface area contributed by atoms with E-state index < -0.39 is 0 Å². The van der Waals surface area contributed by atoms with E-state index in [-0.39, 0.29) is 5.91 Å². The number of carbonyl (C=O) groups excluding carboxylic acids is 1. The molecule has 0 saturated heterocycles. The predicted octanol–water partition coefficient (Wildman–Crippen LogP) is 4.16. The van der Waals surface area contributed by atoms with Gasteiger partial charge in [-0.1, -0.05) is 28.8 Å². The summed E-state index contributed by atoms with van der Waals surface area (Å²) in [4.78, 5) is 17.1. The molecule has 5 heteroatoms. The van der Waals surface area contributed by atoms with Crippen LogP contribution in [0.15, 0.2) is 27.1 Å². The van der Waals surface area contributed by atoms with Gasteiger partial charge in [0, 0.05) is 28.1 Å². The van der Waals surface area contributed by atoms with Crippen molar-refractivity contribution in [3.05, 3.63) is 32.7 Å². The Bertz CT molecular complexity index is 499. The molecule has 1 aromatic carbocycles. The van der Waals surface area contributed by atoms with Crippen LogP contribution in [0.25, 0.3) is 0 Å². The van der Waals surface area contributed by atoms with E-state index in [4.69, 9.17) is 0 Å². The molecule has 0 atom stereocenters. The lowest BCUT2D eigenvalue weighted by molar-refractivity contribution is 0.0666. The second-order valence-corrected chi connectivity index (χ2v) is 7.63. The van der Waals surface area contributed by atoms with Crippen LogP contribution < -0.4 is 0 Å². The Labute approximate surface area is 143 Å². The van der Waals surface area contributed by atoms with E-state index in [1.54, 1.807) is 0 Å². The summed E-state index contributed by atoms with van der Waals surface area (Å²) < 4.78 is 1.83. The molecule has 1 aliphatic carbocycles. The van der Waals surface area contributed by atoms with E-state index in [1.807, 2.05) is 32.3 Å². The Hall–Kier alpha value is -0.390. The maximum atomic E-state index is 12.9. The number of amides is 1. The maximum absolute atomic E-state index is 12.9. The van der Waals surface area contributed by atoms with Crippen LogP contribution in [0, 0.1) is 0 Å². The molecule has 0 bridgehead atoms. The van der Waals surface area contributed by atoms with Gasteiger partial charge < -0.3 is 9.80 Å². The van der Waals surface area contributed by atoms with Crippen molar-refractivity contribution in [2.75, 3.05) is 27.2 Å². The first-order valence-electron chi connectivity index (χ1n) is 7.40. The lowest BCUT2D eigenvalue weighted by Gasteiger charge is -2.30. The molecule has 0 N–H and O–H groups in total. The molecule has 0 unspecified atom stereocenters. The SMILES string of the molecule is CN(C)CCN(C(=O)c1ccc(Br)cc1Br)C1CCCC1. The summed E-state index contributed by atoms with van der Waals surface area (Å²) in [6, 6.07) is 6.16. The fraction of sp³-hybridized carbons (Fsp3) is 0.562. The van der Waals surface area contributed by atoms with Gasteiger partial charge >= 0.3 is 0 Å². The Kier molecular flexibility index (Phi) is 6.26. The molecule has 1 amide bonds. The Morgan fingerprint density at radius 1 is 1.19 bits per heavy atom. The molecule has 0 radical (unpaired) electrons. The van der Waals surface area contributed by atoms with Crippen LogP contribution in [0.1, 0.15) is 36.0 Å².